The van der Waals surface area contributed by atoms with Gasteiger partial charge in [0, 0.05) is 0 Å². The van der Waals surface area contributed by atoms with Crippen LogP contribution in [0.5, 0.6) is 0 Å². The summed E-state index contributed by atoms with van der Waals surface area (Å²) in [4.78, 5) is 11.8. The fourth-order valence-corrected chi connectivity index (χ4v) is 2.61. The van der Waals surface area contributed by atoms with E-state index in [2.05, 4.69) is 6.92 Å². The minimum atomic E-state index is -0.369. The van der Waals surface area contributed by atoms with E-state index in [1.54, 1.807) is 12.1 Å². The summed E-state index contributed by atoms with van der Waals surface area (Å²) >= 11 is 5.77. The molecule has 0 saturated heterocycles. The van der Waals surface area contributed by atoms with Gasteiger partial charge < -0.3 is 4.74 Å². The lowest BCUT2D eigenvalue weighted by molar-refractivity contribution is 0.0497. The zero-order chi connectivity index (χ0) is 16.9. The number of rotatable bonds is 12. The molecular weight excluding hydrogens is 310 g/mol. The van der Waals surface area contributed by atoms with Crippen LogP contribution in [0.3, 0.4) is 0 Å². The van der Waals surface area contributed by atoms with Crippen LogP contribution in [0.25, 0.3) is 0 Å². The van der Waals surface area contributed by atoms with Gasteiger partial charge in [-0.3, -0.25) is 5.73 Å². The molecular formula is C19H29ClNO2. The zero-order valence-electron chi connectivity index (χ0n) is 14.2. The molecule has 1 N–H and O–H groups in total. The first kappa shape index (κ1) is 19.8. The van der Waals surface area contributed by atoms with Gasteiger partial charge in [0.15, 0.2) is 0 Å². The number of esters is 1. The number of hydrogen-bond donors (Lipinski definition) is 0. The molecule has 4 heteroatoms. The Labute approximate surface area is 145 Å². The van der Waals surface area contributed by atoms with Crippen LogP contribution in [0.2, 0.25) is 5.02 Å². The summed E-state index contributed by atoms with van der Waals surface area (Å²) in [7, 11) is 0. The number of nitrogens with one attached hydrogen (secondary N) is 1. The molecule has 0 heterocycles. The van der Waals surface area contributed by atoms with Crippen molar-refractivity contribution in [3.05, 3.63) is 28.8 Å². The summed E-state index contributed by atoms with van der Waals surface area (Å²) in [6.07, 6.45) is 12.6. The van der Waals surface area contributed by atoms with Crippen LogP contribution < -0.4 is 5.73 Å². The van der Waals surface area contributed by atoms with Gasteiger partial charge >= 0.3 is 5.97 Å². The van der Waals surface area contributed by atoms with Crippen molar-refractivity contribution in [1.82, 2.24) is 5.73 Å². The van der Waals surface area contributed by atoms with E-state index in [1.807, 2.05) is 0 Å². The highest BCUT2D eigenvalue weighted by Crippen LogP contribution is 2.21. The van der Waals surface area contributed by atoms with Crippen LogP contribution in [-0.4, -0.2) is 12.6 Å². The molecule has 0 amide bonds. The fourth-order valence-electron chi connectivity index (χ4n) is 2.49. The highest BCUT2D eigenvalue weighted by atomic mass is 35.5. The van der Waals surface area contributed by atoms with E-state index in [9.17, 15) is 4.79 Å². The topological polar surface area (TPSA) is 50.1 Å². The summed E-state index contributed by atoms with van der Waals surface area (Å²) in [6.45, 7) is 2.69. The van der Waals surface area contributed by atoms with Crippen LogP contribution in [0, 0.1) is 0 Å². The lowest BCUT2D eigenvalue weighted by atomic mass is 10.1. The van der Waals surface area contributed by atoms with Gasteiger partial charge in [0.1, 0.15) is 0 Å². The normalized spacial score (nSPS) is 10.7. The molecule has 0 aliphatic rings. The van der Waals surface area contributed by atoms with Crippen molar-refractivity contribution in [3.63, 3.8) is 0 Å². The van der Waals surface area contributed by atoms with Crippen LogP contribution in [0.1, 0.15) is 81.5 Å². The molecule has 0 aromatic heterocycles. The van der Waals surface area contributed by atoms with E-state index < -0.39 is 0 Å². The Kier molecular flexibility index (Phi) is 10.5. The third-order valence-electron chi connectivity index (χ3n) is 3.93. The van der Waals surface area contributed by atoms with Crippen molar-refractivity contribution in [2.75, 3.05) is 6.61 Å². The Bertz CT molecular complexity index is 463. The van der Waals surface area contributed by atoms with E-state index in [4.69, 9.17) is 22.1 Å². The van der Waals surface area contributed by atoms with Crippen LogP contribution >= 0.6 is 11.6 Å². The second-order valence-corrected chi connectivity index (χ2v) is 6.42. The molecule has 23 heavy (non-hydrogen) atoms. The minimum absolute atomic E-state index is 0.153. The Hall–Kier alpha value is -1.22. The predicted octanol–water partition coefficient (Wildman–Crippen LogP) is 6.33. The standard InChI is InChI=1S/C19H29ClNO2/c1-2-3-4-5-6-7-8-9-10-11-14-23-19(22)16-12-13-17(20)18(21)15-16/h12-13,15,21H,2-11,14H2,1H3. The van der Waals surface area contributed by atoms with E-state index in [0.717, 1.165) is 12.8 Å². The number of ether oxygens (including phenoxy) is 1. The average Bonchev–Trinajstić information content (AvgIpc) is 2.55. The maximum Gasteiger partial charge on any atom is 0.338 e. The molecule has 0 aliphatic carbocycles. The van der Waals surface area contributed by atoms with Crippen LogP contribution in [0.4, 0.5) is 5.69 Å². The van der Waals surface area contributed by atoms with Crippen molar-refractivity contribution in [2.24, 2.45) is 0 Å². The molecule has 0 fully saturated rings. The maximum atomic E-state index is 11.8. The molecule has 0 atom stereocenters. The summed E-state index contributed by atoms with van der Waals surface area (Å²) in [5.41, 5.74) is 8.12. The number of carbonyl (C=O) groups is 1. The second-order valence-electron chi connectivity index (χ2n) is 6.01. The highest BCUT2D eigenvalue weighted by molar-refractivity contribution is 6.33. The van der Waals surface area contributed by atoms with Gasteiger partial charge in [-0.2, -0.15) is 0 Å². The highest BCUT2D eigenvalue weighted by Gasteiger charge is 2.08. The summed E-state index contributed by atoms with van der Waals surface area (Å²) in [5, 5.41) is 0.344. The van der Waals surface area contributed by atoms with Gasteiger partial charge in [0.05, 0.1) is 22.9 Å². The lowest BCUT2D eigenvalue weighted by Gasteiger charge is -2.06. The number of halogens is 1. The predicted molar refractivity (Wildman–Crippen MR) is 96.3 cm³/mol. The Balaban J connectivity index is 2.00. The Morgan fingerprint density at radius 3 is 2.13 bits per heavy atom. The minimum Gasteiger partial charge on any atom is -0.462 e. The first-order valence-corrected chi connectivity index (χ1v) is 9.21. The Morgan fingerprint density at radius 2 is 1.57 bits per heavy atom. The van der Waals surface area contributed by atoms with Crippen molar-refractivity contribution < 1.29 is 9.53 Å². The molecule has 0 bridgehead atoms. The monoisotopic (exact) mass is 338 g/mol. The first-order chi connectivity index (χ1) is 11.1. The number of benzene rings is 1. The summed E-state index contributed by atoms with van der Waals surface area (Å²) in [5.74, 6) is -0.369. The van der Waals surface area contributed by atoms with Crippen molar-refractivity contribution in [3.8, 4) is 0 Å². The lowest BCUT2D eigenvalue weighted by Crippen LogP contribution is -2.06. The van der Waals surface area contributed by atoms with Crippen LogP contribution in [-0.2, 0) is 4.74 Å². The molecule has 1 aromatic rings. The molecule has 1 radical (unpaired) electrons. The van der Waals surface area contributed by atoms with E-state index in [1.165, 1.54) is 57.4 Å². The second kappa shape index (κ2) is 12.2. The summed E-state index contributed by atoms with van der Waals surface area (Å²) in [6, 6.07) is 4.60. The number of hydrogen-bond acceptors (Lipinski definition) is 2. The van der Waals surface area contributed by atoms with Gasteiger partial charge in [-0.1, -0.05) is 76.3 Å². The van der Waals surface area contributed by atoms with E-state index in [0.29, 0.717) is 17.2 Å². The van der Waals surface area contributed by atoms with Gasteiger partial charge in [-0.05, 0) is 24.6 Å². The van der Waals surface area contributed by atoms with Gasteiger partial charge in [0.25, 0.3) is 0 Å². The molecule has 1 aromatic carbocycles. The Morgan fingerprint density at radius 1 is 1.00 bits per heavy atom. The smallest absolute Gasteiger partial charge is 0.338 e. The van der Waals surface area contributed by atoms with Gasteiger partial charge in [-0.15, -0.1) is 0 Å². The molecule has 129 valence electrons. The number of unbranched alkanes of at least 4 members (excludes halogenated alkanes) is 9. The molecule has 1 rings (SSSR count). The van der Waals surface area contributed by atoms with Gasteiger partial charge in [-0.25, -0.2) is 4.79 Å². The maximum absolute atomic E-state index is 11.8. The first-order valence-electron chi connectivity index (χ1n) is 8.83. The number of carbonyl (C=O) groups excluding carboxylic acids is 1. The molecule has 0 unspecified atom stereocenters. The van der Waals surface area contributed by atoms with E-state index >= 15 is 0 Å². The van der Waals surface area contributed by atoms with Crippen molar-refractivity contribution >= 4 is 23.3 Å². The third kappa shape index (κ3) is 8.85. The van der Waals surface area contributed by atoms with Crippen molar-refractivity contribution in [2.45, 2.75) is 71.1 Å². The summed E-state index contributed by atoms with van der Waals surface area (Å²) < 4.78 is 5.23. The van der Waals surface area contributed by atoms with Crippen LogP contribution in [0.15, 0.2) is 18.2 Å². The van der Waals surface area contributed by atoms with Gasteiger partial charge in [0.2, 0.25) is 0 Å². The zero-order valence-corrected chi connectivity index (χ0v) is 15.0. The largest absolute Gasteiger partial charge is 0.462 e. The average molecular weight is 339 g/mol. The fraction of sp³-hybridized carbons (Fsp3) is 0.632. The SMILES string of the molecule is CCCCCCCCCCCCOC(=O)c1ccc(Cl)c([NH])c1. The molecule has 3 nitrogen and oxygen atoms in total. The van der Waals surface area contributed by atoms with Crippen molar-refractivity contribution in [1.29, 1.82) is 0 Å². The molecule has 0 spiro atoms. The molecule has 0 saturated carbocycles. The quantitative estimate of drug-likeness (QED) is 0.330. The third-order valence-corrected chi connectivity index (χ3v) is 4.26. The van der Waals surface area contributed by atoms with E-state index in [-0.39, 0.29) is 11.7 Å². The molecule has 0 aliphatic heterocycles.